The van der Waals surface area contributed by atoms with Crippen LogP contribution in [-0.2, 0) is 22.9 Å². The molecular formula is C20H37N2O6P. The summed E-state index contributed by atoms with van der Waals surface area (Å²) in [6, 6.07) is 2.12. The number of hydrogen-bond donors (Lipinski definition) is 0. The molecule has 1 heterocycles. The molecule has 0 aliphatic carbocycles. The van der Waals surface area contributed by atoms with E-state index in [1.807, 2.05) is 6.92 Å². The summed E-state index contributed by atoms with van der Waals surface area (Å²) < 4.78 is 49.3. The summed E-state index contributed by atoms with van der Waals surface area (Å²) in [6.45, 7) is 8.23. The average Bonchev–Trinajstić information content (AvgIpc) is 2.59. The Morgan fingerprint density at radius 2 is 1.90 bits per heavy atom. The van der Waals surface area contributed by atoms with Gasteiger partial charge in [0.25, 0.3) is 0 Å². The quantitative estimate of drug-likeness (QED) is 0.423. The highest BCUT2D eigenvalue weighted by Gasteiger charge is 2.46. The largest absolute Gasteiger partial charge is 0.474 e. The fourth-order valence-corrected chi connectivity index (χ4v) is 4.48. The molecule has 1 aliphatic rings. The molecule has 0 aromatic carbocycles. The van der Waals surface area contributed by atoms with Gasteiger partial charge in [0.05, 0.1) is 28.6 Å². The minimum Gasteiger partial charge on any atom is -0.444 e. The second-order valence-corrected chi connectivity index (χ2v) is 9.70. The predicted octanol–water partition coefficient (Wildman–Crippen LogP) is 5.43. The lowest BCUT2D eigenvalue weighted by atomic mass is 9.81. The Bertz CT molecular complexity index is 684. The highest BCUT2D eigenvalue weighted by Crippen LogP contribution is 2.49. The third-order valence-corrected chi connectivity index (χ3v) is 6.03. The van der Waals surface area contributed by atoms with Gasteiger partial charge in [0.2, 0.25) is 0 Å². The van der Waals surface area contributed by atoms with E-state index in [0.717, 1.165) is 12.8 Å². The number of nitrogens with zero attached hydrogens (tertiary/aromatic N) is 2. The van der Waals surface area contributed by atoms with Crippen molar-refractivity contribution >= 4 is 13.9 Å². The van der Waals surface area contributed by atoms with Gasteiger partial charge in [-0.2, -0.15) is 5.26 Å². The van der Waals surface area contributed by atoms with Crippen molar-refractivity contribution in [3.8, 4) is 6.07 Å². The van der Waals surface area contributed by atoms with Crippen molar-refractivity contribution in [2.45, 2.75) is 97.2 Å². The first-order chi connectivity index (χ1) is 14.2. The SMILES string of the molecule is [2H]C([2H])(CCC[C@]1(C#N)CCC[C@@H](C)N1C(=O)OC(C)(C)C)OP(=O)(OCC)OCC. The molecule has 0 bridgehead atoms. The van der Waals surface area contributed by atoms with E-state index in [2.05, 4.69) is 6.07 Å². The molecule has 0 N–H and O–H groups in total. The zero-order valence-corrected chi connectivity index (χ0v) is 19.4. The van der Waals surface area contributed by atoms with Gasteiger partial charge in [-0.05, 0) is 80.1 Å². The van der Waals surface area contributed by atoms with E-state index in [1.165, 1.54) is 4.90 Å². The Kier molecular flexibility index (Phi) is 8.80. The number of nitriles is 1. The molecule has 0 saturated carbocycles. The van der Waals surface area contributed by atoms with Crippen LogP contribution in [0.3, 0.4) is 0 Å². The van der Waals surface area contributed by atoms with Crippen molar-refractivity contribution in [3.05, 3.63) is 0 Å². The molecule has 0 radical (unpaired) electrons. The molecule has 1 aliphatic heterocycles. The number of ether oxygens (including phenoxy) is 1. The summed E-state index contributed by atoms with van der Waals surface area (Å²) in [5.74, 6) is 0. The molecule has 1 saturated heterocycles. The van der Waals surface area contributed by atoms with Crippen molar-refractivity contribution < 1.29 is 30.4 Å². The number of piperidine rings is 1. The highest BCUT2D eigenvalue weighted by atomic mass is 31.2. The van der Waals surface area contributed by atoms with E-state index in [4.69, 9.17) is 21.0 Å². The Morgan fingerprint density at radius 3 is 2.41 bits per heavy atom. The normalized spacial score (nSPS) is 24.4. The summed E-state index contributed by atoms with van der Waals surface area (Å²) >= 11 is 0. The van der Waals surface area contributed by atoms with E-state index >= 15 is 0 Å². The summed E-state index contributed by atoms with van der Waals surface area (Å²) in [7, 11) is -4.02. The number of phosphoric ester groups is 1. The number of carbonyl (C=O) groups is 1. The number of phosphoric acid groups is 1. The van der Waals surface area contributed by atoms with Crippen molar-refractivity contribution in [1.82, 2.24) is 4.90 Å². The van der Waals surface area contributed by atoms with Gasteiger partial charge in [-0.25, -0.2) is 9.36 Å². The first-order valence-electron chi connectivity index (χ1n) is 11.3. The van der Waals surface area contributed by atoms with Gasteiger partial charge >= 0.3 is 13.9 Å². The summed E-state index contributed by atoms with van der Waals surface area (Å²) in [5, 5.41) is 10.0. The van der Waals surface area contributed by atoms with E-state index in [-0.39, 0.29) is 38.5 Å². The average molecular weight is 435 g/mol. The van der Waals surface area contributed by atoms with Crippen LogP contribution in [0.25, 0.3) is 0 Å². The molecule has 2 atom stereocenters. The zero-order valence-electron chi connectivity index (χ0n) is 20.5. The maximum atomic E-state index is 12.9. The number of carbonyl (C=O) groups excluding carboxylic acids is 1. The van der Waals surface area contributed by atoms with Crippen LogP contribution >= 0.6 is 7.82 Å². The summed E-state index contributed by atoms with van der Waals surface area (Å²) in [4.78, 5) is 14.4. The minimum absolute atomic E-state index is 0.0492. The maximum absolute atomic E-state index is 12.9. The first-order valence-corrected chi connectivity index (χ1v) is 11.7. The molecule has 168 valence electrons. The lowest BCUT2D eigenvalue weighted by Crippen LogP contribution is -2.58. The zero-order chi connectivity index (χ0) is 23.9. The van der Waals surface area contributed by atoms with Crippen molar-refractivity contribution in [2.24, 2.45) is 0 Å². The molecule has 9 heteroatoms. The van der Waals surface area contributed by atoms with Crippen LogP contribution in [0.2, 0.25) is 0 Å². The molecule has 0 spiro atoms. The van der Waals surface area contributed by atoms with Crippen molar-refractivity contribution in [2.75, 3.05) is 19.8 Å². The standard InChI is InChI=1S/C20H37N2O6P/c1-7-25-29(24,26-8-2)27-15-10-9-13-20(16-21)14-11-12-17(3)22(20)18(23)28-19(4,5)6/h17H,7-15H2,1-6H3/t17-,20-/m1/s1/i15D2. The molecule has 8 nitrogen and oxygen atoms in total. The summed E-state index contributed by atoms with van der Waals surface area (Å²) in [5.41, 5.74) is -1.79. The first kappa shape index (κ1) is 22.6. The molecule has 0 unspecified atom stereocenters. The Labute approximate surface area is 178 Å². The molecule has 29 heavy (non-hydrogen) atoms. The highest BCUT2D eigenvalue weighted by molar-refractivity contribution is 7.48. The third-order valence-electron chi connectivity index (χ3n) is 4.53. The van der Waals surface area contributed by atoms with Crippen LogP contribution in [0.15, 0.2) is 0 Å². The van der Waals surface area contributed by atoms with Crippen LogP contribution in [0, 0.1) is 11.3 Å². The number of rotatable bonds is 10. The molecule has 1 amide bonds. The lowest BCUT2D eigenvalue weighted by molar-refractivity contribution is -0.0205. The van der Waals surface area contributed by atoms with E-state index in [0.29, 0.717) is 6.42 Å². The molecule has 1 fully saturated rings. The minimum atomic E-state index is -4.02. The van der Waals surface area contributed by atoms with Gasteiger partial charge in [0, 0.05) is 6.04 Å². The van der Waals surface area contributed by atoms with Crippen molar-refractivity contribution in [3.63, 3.8) is 0 Å². The topological polar surface area (TPSA) is 98.1 Å². The van der Waals surface area contributed by atoms with Crippen molar-refractivity contribution in [1.29, 1.82) is 5.26 Å². The van der Waals surface area contributed by atoms with E-state index in [9.17, 15) is 14.6 Å². The van der Waals surface area contributed by atoms with Gasteiger partial charge in [-0.1, -0.05) is 0 Å². The predicted molar refractivity (Wildman–Crippen MR) is 110 cm³/mol. The second-order valence-electron chi connectivity index (χ2n) is 8.11. The van der Waals surface area contributed by atoms with Gasteiger partial charge in [0.1, 0.15) is 11.1 Å². The van der Waals surface area contributed by atoms with E-state index < -0.39 is 31.6 Å². The van der Waals surface area contributed by atoms with Crippen LogP contribution < -0.4 is 0 Å². The smallest absolute Gasteiger partial charge is 0.444 e. The van der Waals surface area contributed by atoms with Gasteiger partial charge in [-0.15, -0.1) is 0 Å². The second kappa shape index (κ2) is 11.3. The van der Waals surface area contributed by atoms with E-state index in [1.54, 1.807) is 34.6 Å². The van der Waals surface area contributed by atoms with Crippen LogP contribution in [-0.4, -0.2) is 47.9 Å². The van der Waals surface area contributed by atoms with Crippen LogP contribution in [0.1, 0.15) is 82.8 Å². The molecule has 0 aromatic rings. The number of likely N-dealkylation sites (tertiary alicyclic amines) is 1. The third kappa shape index (κ3) is 7.90. The number of hydrogen-bond acceptors (Lipinski definition) is 7. The molecule has 1 rings (SSSR count). The Hall–Kier alpha value is -1.13. The lowest BCUT2D eigenvalue weighted by Gasteiger charge is -2.46. The molecule has 0 aromatic heterocycles. The Morgan fingerprint density at radius 1 is 1.28 bits per heavy atom. The fraction of sp³-hybridized carbons (Fsp3) is 0.900. The summed E-state index contributed by atoms with van der Waals surface area (Å²) in [6.07, 6.45) is 1.80. The monoisotopic (exact) mass is 434 g/mol. The van der Waals surface area contributed by atoms with Gasteiger partial charge < -0.3 is 4.74 Å². The Balaban J connectivity index is 2.92. The maximum Gasteiger partial charge on any atom is 0.474 e. The fourth-order valence-electron chi connectivity index (χ4n) is 3.42. The van der Waals surface area contributed by atoms with Gasteiger partial charge in [-0.3, -0.25) is 18.5 Å². The van der Waals surface area contributed by atoms with Crippen LogP contribution in [0.4, 0.5) is 4.79 Å². The van der Waals surface area contributed by atoms with Gasteiger partial charge in [0.15, 0.2) is 0 Å². The molecular weight excluding hydrogens is 395 g/mol. The number of amides is 1. The van der Waals surface area contributed by atoms with Crippen LogP contribution in [0.5, 0.6) is 0 Å².